The van der Waals surface area contributed by atoms with Crippen LogP contribution < -0.4 is 5.32 Å². The average Bonchev–Trinajstić information content (AvgIpc) is 3.65. The summed E-state index contributed by atoms with van der Waals surface area (Å²) >= 11 is 12.8. The first-order chi connectivity index (χ1) is 18.2. The molecule has 2 heterocycles. The summed E-state index contributed by atoms with van der Waals surface area (Å²) in [5, 5.41) is 3.97. The molecule has 194 valence electrons. The maximum absolute atomic E-state index is 15.7. The van der Waals surface area contributed by atoms with Crippen LogP contribution in [0.25, 0.3) is 5.57 Å². The molecule has 38 heavy (non-hydrogen) atoms. The van der Waals surface area contributed by atoms with E-state index in [1.807, 2.05) is 12.2 Å². The number of aromatic nitrogens is 2. The normalized spacial score (nSPS) is 27.2. The monoisotopic (exact) mass is 554 g/mol. The number of nitrogens with one attached hydrogen (secondary N) is 1. The average molecular weight is 555 g/mol. The Morgan fingerprint density at radius 3 is 2.82 bits per heavy atom. The molecule has 1 spiro atoms. The number of esters is 1. The fourth-order valence-electron chi connectivity index (χ4n) is 5.60. The van der Waals surface area contributed by atoms with Crippen molar-refractivity contribution in [3.63, 3.8) is 0 Å². The van der Waals surface area contributed by atoms with Crippen LogP contribution in [0.5, 0.6) is 0 Å². The highest BCUT2D eigenvalue weighted by Crippen LogP contribution is 2.69. The minimum absolute atomic E-state index is 0.0146. The first-order valence-electron chi connectivity index (χ1n) is 12.1. The Labute approximate surface area is 227 Å². The molecule has 10 heteroatoms. The van der Waals surface area contributed by atoms with E-state index in [1.54, 1.807) is 24.4 Å². The van der Waals surface area contributed by atoms with Crippen molar-refractivity contribution in [3.8, 4) is 0 Å². The van der Waals surface area contributed by atoms with E-state index in [4.69, 9.17) is 37.9 Å². The lowest BCUT2D eigenvalue weighted by atomic mass is 9.74. The molecule has 4 aliphatic rings. The molecule has 0 radical (unpaired) electrons. The molecule has 1 saturated carbocycles. The van der Waals surface area contributed by atoms with E-state index in [9.17, 15) is 4.79 Å². The zero-order valence-electron chi connectivity index (χ0n) is 20.5. The number of aliphatic imine (C=N–C) groups is 1. The van der Waals surface area contributed by atoms with Gasteiger partial charge in [0.05, 0.1) is 35.6 Å². The minimum atomic E-state index is -1.90. The van der Waals surface area contributed by atoms with E-state index in [1.165, 1.54) is 26.2 Å². The molecular formula is C28H22Cl2F2N4O2. The molecule has 3 aliphatic carbocycles. The SMILES string of the molecule is COC(=O)c1ccc(Nc2ncc3c(n2)C2=CC=C(Cl)C4CC24C(C2=C(F)C=CCC2(C)F)=NC3)cc1Cl. The molecule has 1 aromatic carbocycles. The van der Waals surface area contributed by atoms with Crippen LogP contribution in [0.4, 0.5) is 20.4 Å². The Morgan fingerprint density at radius 2 is 2.08 bits per heavy atom. The van der Waals surface area contributed by atoms with E-state index in [2.05, 4.69) is 10.3 Å². The first kappa shape index (κ1) is 24.9. The molecule has 6 nitrogen and oxygen atoms in total. The topological polar surface area (TPSA) is 76.5 Å². The summed E-state index contributed by atoms with van der Waals surface area (Å²) < 4.78 is 35.7. The maximum atomic E-state index is 15.7. The highest BCUT2D eigenvalue weighted by molar-refractivity contribution is 6.34. The van der Waals surface area contributed by atoms with Crippen molar-refractivity contribution in [2.45, 2.75) is 32.0 Å². The molecule has 1 fully saturated rings. The molecule has 3 atom stereocenters. The highest BCUT2D eigenvalue weighted by atomic mass is 35.5. The number of methoxy groups -OCH3 is 1. The summed E-state index contributed by atoms with van der Waals surface area (Å²) in [6.45, 7) is 1.56. The van der Waals surface area contributed by atoms with Gasteiger partial charge in [0, 0.05) is 45.8 Å². The van der Waals surface area contributed by atoms with Gasteiger partial charge in [-0.1, -0.05) is 35.4 Å². The number of rotatable bonds is 4. The standard InChI is InChI=1S/C28H22Cl2F2N4O2/c1-27(32)9-3-4-21(31)22(27)24-28-11-18(28)19(29)8-7-17(28)23-14(12-33-24)13-34-26(36-23)35-15-5-6-16(20(30)10-15)25(37)38-2/h3-8,10,13,18H,9,11-12H2,1-2H3,(H,34,35,36). The number of hydrogen-bond donors (Lipinski definition) is 1. The largest absolute Gasteiger partial charge is 0.465 e. The van der Waals surface area contributed by atoms with Gasteiger partial charge in [-0.05, 0) is 49.3 Å². The minimum Gasteiger partial charge on any atom is -0.465 e. The van der Waals surface area contributed by atoms with E-state index in [0.29, 0.717) is 34.5 Å². The Balaban J connectivity index is 1.41. The second-order valence-electron chi connectivity index (χ2n) is 9.93. The molecule has 0 bridgehead atoms. The summed E-state index contributed by atoms with van der Waals surface area (Å²) in [7, 11) is 1.28. The van der Waals surface area contributed by atoms with Gasteiger partial charge in [0.1, 0.15) is 11.5 Å². The van der Waals surface area contributed by atoms with Gasteiger partial charge in [-0.2, -0.15) is 0 Å². The van der Waals surface area contributed by atoms with Crippen molar-refractivity contribution < 1.29 is 18.3 Å². The van der Waals surface area contributed by atoms with Gasteiger partial charge in [0.2, 0.25) is 5.95 Å². The number of halogens is 4. The molecule has 3 unspecified atom stereocenters. The Hall–Kier alpha value is -3.36. The van der Waals surface area contributed by atoms with Crippen molar-refractivity contribution in [3.05, 3.63) is 87.0 Å². The zero-order valence-corrected chi connectivity index (χ0v) is 22.0. The first-order valence-corrected chi connectivity index (χ1v) is 12.8. The molecule has 1 aliphatic heterocycles. The van der Waals surface area contributed by atoms with Crippen LogP contribution in [0.15, 0.2) is 70.1 Å². The van der Waals surface area contributed by atoms with Gasteiger partial charge < -0.3 is 10.1 Å². The predicted octanol–water partition coefficient (Wildman–Crippen LogP) is 7.05. The third kappa shape index (κ3) is 3.81. The van der Waals surface area contributed by atoms with Gasteiger partial charge in [-0.3, -0.25) is 4.99 Å². The van der Waals surface area contributed by atoms with Gasteiger partial charge in [-0.15, -0.1) is 0 Å². The lowest BCUT2D eigenvalue weighted by molar-refractivity contribution is 0.0601. The van der Waals surface area contributed by atoms with Crippen LogP contribution in [-0.4, -0.2) is 34.4 Å². The smallest absolute Gasteiger partial charge is 0.339 e. The van der Waals surface area contributed by atoms with Crippen LogP contribution in [0.2, 0.25) is 5.02 Å². The number of fused-ring (bicyclic) bond motifs is 2. The number of nitrogens with zero attached hydrogens (tertiary/aromatic N) is 3. The van der Waals surface area contributed by atoms with Crippen molar-refractivity contribution in [1.82, 2.24) is 9.97 Å². The van der Waals surface area contributed by atoms with E-state index in [0.717, 1.165) is 11.1 Å². The molecule has 1 aromatic heterocycles. The quantitative estimate of drug-likeness (QED) is 0.409. The lowest BCUT2D eigenvalue weighted by Gasteiger charge is -2.32. The fourth-order valence-corrected chi connectivity index (χ4v) is 6.18. The van der Waals surface area contributed by atoms with E-state index < -0.39 is 22.9 Å². The molecule has 1 N–H and O–H groups in total. The number of allylic oxidation sites excluding steroid dienone is 8. The van der Waals surface area contributed by atoms with Crippen molar-refractivity contribution >= 4 is 52.1 Å². The third-order valence-electron chi connectivity index (χ3n) is 7.53. The van der Waals surface area contributed by atoms with Gasteiger partial charge in [-0.25, -0.2) is 23.5 Å². The van der Waals surface area contributed by atoms with Crippen LogP contribution >= 0.6 is 23.2 Å². The van der Waals surface area contributed by atoms with Gasteiger partial charge >= 0.3 is 5.97 Å². The zero-order chi connectivity index (χ0) is 26.8. The lowest BCUT2D eigenvalue weighted by Crippen LogP contribution is -2.35. The van der Waals surface area contributed by atoms with Crippen LogP contribution in [-0.2, 0) is 11.3 Å². The molecule has 0 saturated heterocycles. The van der Waals surface area contributed by atoms with E-state index in [-0.39, 0.29) is 35.0 Å². The summed E-state index contributed by atoms with van der Waals surface area (Å²) in [6.07, 6.45) is 8.82. The number of ether oxygens (including phenoxy) is 1. The number of alkyl halides is 1. The number of carbonyl (C=O) groups excluding carboxylic acids is 1. The van der Waals surface area contributed by atoms with Gasteiger partial charge in [0.25, 0.3) is 0 Å². The Kier molecular flexibility index (Phi) is 5.81. The second-order valence-corrected chi connectivity index (χ2v) is 10.8. The Bertz CT molecular complexity index is 1560. The molecule has 6 rings (SSSR count). The third-order valence-corrected chi connectivity index (χ3v) is 8.23. The highest BCUT2D eigenvalue weighted by Gasteiger charge is 2.65. The predicted molar refractivity (Wildman–Crippen MR) is 143 cm³/mol. The summed E-state index contributed by atoms with van der Waals surface area (Å²) in [6, 6.07) is 4.80. The molecule has 0 amide bonds. The van der Waals surface area contributed by atoms with Crippen LogP contribution in [0.1, 0.15) is 41.4 Å². The van der Waals surface area contributed by atoms with Crippen LogP contribution in [0, 0.1) is 11.3 Å². The maximum Gasteiger partial charge on any atom is 0.339 e. The summed E-state index contributed by atoms with van der Waals surface area (Å²) in [4.78, 5) is 25.9. The number of anilines is 2. The van der Waals surface area contributed by atoms with Crippen molar-refractivity contribution in [1.29, 1.82) is 0 Å². The van der Waals surface area contributed by atoms with Gasteiger partial charge in [0.15, 0.2) is 0 Å². The van der Waals surface area contributed by atoms with Crippen LogP contribution in [0.3, 0.4) is 0 Å². The number of hydrogen-bond acceptors (Lipinski definition) is 6. The molecular weight excluding hydrogens is 533 g/mol. The van der Waals surface area contributed by atoms with Crippen molar-refractivity contribution in [2.75, 3.05) is 12.4 Å². The summed E-state index contributed by atoms with van der Waals surface area (Å²) in [5.41, 5.74) is 0.722. The number of carbonyl (C=O) groups is 1. The molecule has 2 aromatic rings. The van der Waals surface area contributed by atoms with Crippen molar-refractivity contribution in [2.24, 2.45) is 16.3 Å². The Morgan fingerprint density at radius 1 is 1.26 bits per heavy atom. The number of benzene rings is 1. The van der Waals surface area contributed by atoms with E-state index >= 15 is 8.78 Å². The fraction of sp³-hybridized carbons (Fsp3) is 0.286. The second kappa shape index (κ2) is 8.85. The summed E-state index contributed by atoms with van der Waals surface area (Å²) in [5.74, 6) is -0.990.